The molecule has 1 rings (SSSR count). The van der Waals surface area contributed by atoms with Crippen LogP contribution in [0.15, 0.2) is 29.2 Å². The molecule has 0 unspecified atom stereocenters. The summed E-state index contributed by atoms with van der Waals surface area (Å²) in [6.07, 6.45) is 0. The summed E-state index contributed by atoms with van der Waals surface area (Å²) in [4.78, 5) is 12.2. The Bertz CT molecular complexity index is 606. The Labute approximate surface area is 126 Å². The maximum atomic E-state index is 12.1. The molecule has 0 aliphatic heterocycles. The molecular formula is C14H23N3O3S. The number of nitrogens with two attached hydrogens (primary N) is 1. The van der Waals surface area contributed by atoms with E-state index in [0.717, 1.165) is 0 Å². The summed E-state index contributed by atoms with van der Waals surface area (Å²) in [5.74, 6) is -0.415. The lowest BCUT2D eigenvalue weighted by Gasteiger charge is -2.26. The fraction of sp³-hybridized carbons (Fsp3) is 0.500. The van der Waals surface area contributed by atoms with Crippen LogP contribution in [0.5, 0.6) is 0 Å². The fourth-order valence-corrected chi connectivity index (χ4v) is 2.88. The lowest BCUT2D eigenvalue weighted by molar-refractivity contribution is -0.119. The first-order valence-electron chi connectivity index (χ1n) is 6.74. The summed E-state index contributed by atoms with van der Waals surface area (Å²) < 4.78 is 26.6. The third-order valence-electron chi connectivity index (χ3n) is 2.98. The van der Waals surface area contributed by atoms with Gasteiger partial charge in [0, 0.05) is 6.54 Å². The third kappa shape index (κ3) is 4.52. The first-order chi connectivity index (χ1) is 9.59. The molecule has 1 amide bonds. The second kappa shape index (κ2) is 6.55. The molecular weight excluding hydrogens is 290 g/mol. The van der Waals surface area contributed by atoms with Crippen LogP contribution >= 0.6 is 0 Å². The van der Waals surface area contributed by atoms with Crippen molar-refractivity contribution in [3.63, 3.8) is 0 Å². The lowest BCUT2D eigenvalue weighted by atomic mass is 9.87. The van der Waals surface area contributed by atoms with Crippen molar-refractivity contribution in [1.82, 2.24) is 4.72 Å². The lowest BCUT2D eigenvalue weighted by Crippen LogP contribution is -2.45. The second-order valence-electron chi connectivity index (χ2n) is 5.83. The summed E-state index contributed by atoms with van der Waals surface area (Å²) in [7, 11) is -3.65. The molecule has 1 atom stereocenters. The Kier molecular flexibility index (Phi) is 5.49. The number of benzene rings is 1. The Morgan fingerprint density at radius 2 is 1.86 bits per heavy atom. The number of rotatable bonds is 5. The predicted octanol–water partition coefficient (Wildman–Crippen LogP) is 1.30. The molecule has 0 saturated carbocycles. The van der Waals surface area contributed by atoms with Gasteiger partial charge in [0.25, 0.3) is 0 Å². The van der Waals surface area contributed by atoms with Gasteiger partial charge >= 0.3 is 0 Å². The van der Waals surface area contributed by atoms with Gasteiger partial charge in [0.15, 0.2) is 0 Å². The van der Waals surface area contributed by atoms with Gasteiger partial charge in [-0.25, -0.2) is 13.1 Å². The largest absolute Gasteiger partial charge is 0.323 e. The van der Waals surface area contributed by atoms with E-state index in [1.165, 1.54) is 12.1 Å². The minimum atomic E-state index is -3.65. The zero-order valence-corrected chi connectivity index (χ0v) is 13.6. The van der Waals surface area contributed by atoms with E-state index in [1.54, 1.807) is 19.1 Å². The molecule has 0 fully saturated rings. The van der Waals surface area contributed by atoms with E-state index < -0.39 is 27.4 Å². The molecule has 1 aromatic carbocycles. The highest BCUT2D eigenvalue weighted by atomic mass is 32.2. The smallest absolute Gasteiger partial charge is 0.242 e. The van der Waals surface area contributed by atoms with Crippen molar-refractivity contribution in [2.75, 3.05) is 11.9 Å². The molecule has 0 radical (unpaired) electrons. The van der Waals surface area contributed by atoms with Crippen molar-refractivity contribution >= 4 is 21.6 Å². The first kappa shape index (κ1) is 17.6. The minimum Gasteiger partial charge on any atom is -0.323 e. The molecule has 0 aromatic heterocycles. The number of carbonyl (C=O) groups excluding carboxylic acids is 1. The molecule has 0 heterocycles. The topological polar surface area (TPSA) is 101 Å². The van der Waals surface area contributed by atoms with Crippen molar-refractivity contribution in [2.45, 2.75) is 38.6 Å². The molecule has 0 spiro atoms. The van der Waals surface area contributed by atoms with Crippen LogP contribution in [0.25, 0.3) is 0 Å². The van der Waals surface area contributed by atoms with Gasteiger partial charge in [0.1, 0.15) is 4.90 Å². The molecule has 118 valence electrons. The van der Waals surface area contributed by atoms with Crippen molar-refractivity contribution in [3.8, 4) is 0 Å². The number of carbonyl (C=O) groups is 1. The van der Waals surface area contributed by atoms with Crippen LogP contribution in [0.2, 0.25) is 0 Å². The molecule has 1 aromatic rings. The average Bonchev–Trinajstić information content (AvgIpc) is 2.37. The molecule has 4 N–H and O–H groups in total. The van der Waals surface area contributed by atoms with Crippen LogP contribution in [-0.4, -0.2) is 26.9 Å². The zero-order chi connectivity index (χ0) is 16.3. The summed E-state index contributed by atoms with van der Waals surface area (Å²) in [5, 5.41) is 2.60. The Morgan fingerprint density at radius 1 is 1.29 bits per heavy atom. The van der Waals surface area contributed by atoms with Crippen LogP contribution in [0.3, 0.4) is 0 Å². The summed E-state index contributed by atoms with van der Waals surface area (Å²) in [5.41, 5.74) is 5.69. The van der Waals surface area contributed by atoms with Crippen LogP contribution in [0, 0.1) is 5.41 Å². The first-order valence-corrected chi connectivity index (χ1v) is 8.23. The van der Waals surface area contributed by atoms with Crippen molar-refractivity contribution in [1.29, 1.82) is 0 Å². The van der Waals surface area contributed by atoms with E-state index in [9.17, 15) is 13.2 Å². The van der Waals surface area contributed by atoms with Crippen LogP contribution in [0.4, 0.5) is 5.69 Å². The van der Waals surface area contributed by atoms with Crippen molar-refractivity contribution < 1.29 is 13.2 Å². The molecule has 0 aliphatic rings. The Hall–Kier alpha value is -1.44. The van der Waals surface area contributed by atoms with Gasteiger partial charge in [0.05, 0.1) is 11.7 Å². The van der Waals surface area contributed by atoms with Crippen LogP contribution < -0.4 is 15.8 Å². The normalized spacial score (nSPS) is 13.8. The van der Waals surface area contributed by atoms with E-state index in [0.29, 0.717) is 0 Å². The zero-order valence-electron chi connectivity index (χ0n) is 12.8. The van der Waals surface area contributed by atoms with Gasteiger partial charge in [-0.1, -0.05) is 39.8 Å². The highest BCUT2D eigenvalue weighted by Crippen LogP contribution is 2.23. The number of sulfonamides is 1. The number of anilines is 1. The van der Waals surface area contributed by atoms with E-state index in [-0.39, 0.29) is 17.1 Å². The molecule has 0 bridgehead atoms. The molecule has 7 heteroatoms. The highest BCUT2D eigenvalue weighted by Gasteiger charge is 2.28. The maximum Gasteiger partial charge on any atom is 0.242 e. The van der Waals surface area contributed by atoms with Gasteiger partial charge in [0.2, 0.25) is 15.9 Å². The van der Waals surface area contributed by atoms with E-state index in [1.807, 2.05) is 20.8 Å². The number of amides is 1. The second-order valence-corrected chi connectivity index (χ2v) is 7.57. The SMILES string of the molecule is CCNS(=O)(=O)c1ccccc1NC(=O)[C@@H](N)C(C)(C)C. The Morgan fingerprint density at radius 3 is 2.38 bits per heavy atom. The highest BCUT2D eigenvalue weighted by molar-refractivity contribution is 7.89. The molecule has 6 nitrogen and oxygen atoms in total. The number of nitrogens with one attached hydrogen (secondary N) is 2. The summed E-state index contributed by atoms with van der Waals surface area (Å²) >= 11 is 0. The van der Waals surface area contributed by atoms with E-state index in [4.69, 9.17) is 5.73 Å². The standard InChI is InChI=1S/C14H23N3O3S/c1-5-16-21(19,20)11-9-7-6-8-10(11)17-13(18)12(15)14(2,3)4/h6-9,12,16H,5,15H2,1-4H3,(H,17,18)/t12-/m1/s1. The van der Waals surface area contributed by atoms with Crippen molar-refractivity contribution in [2.24, 2.45) is 11.1 Å². The third-order valence-corrected chi connectivity index (χ3v) is 4.59. The monoisotopic (exact) mass is 313 g/mol. The van der Waals surface area contributed by atoms with E-state index in [2.05, 4.69) is 10.0 Å². The van der Waals surface area contributed by atoms with Gasteiger partial charge in [-0.05, 0) is 17.5 Å². The molecule has 21 heavy (non-hydrogen) atoms. The predicted molar refractivity (Wildman–Crippen MR) is 83.4 cm³/mol. The Balaban J connectivity index is 3.09. The molecule has 0 saturated heterocycles. The minimum absolute atomic E-state index is 0.0290. The van der Waals surface area contributed by atoms with Gasteiger partial charge in [-0.3, -0.25) is 4.79 Å². The van der Waals surface area contributed by atoms with Crippen LogP contribution in [0.1, 0.15) is 27.7 Å². The number of hydrogen-bond donors (Lipinski definition) is 3. The van der Waals surface area contributed by atoms with Gasteiger partial charge in [-0.2, -0.15) is 0 Å². The molecule has 0 aliphatic carbocycles. The number of hydrogen-bond acceptors (Lipinski definition) is 4. The van der Waals surface area contributed by atoms with Gasteiger partial charge < -0.3 is 11.1 Å². The quantitative estimate of drug-likeness (QED) is 0.762. The number of para-hydroxylation sites is 1. The maximum absolute atomic E-state index is 12.1. The van der Waals surface area contributed by atoms with E-state index >= 15 is 0 Å². The summed E-state index contributed by atoms with van der Waals surface area (Å²) in [6.45, 7) is 7.50. The fourth-order valence-electron chi connectivity index (χ4n) is 1.68. The van der Waals surface area contributed by atoms with Crippen LogP contribution in [-0.2, 0) is 14.8 Å². The van der Waals surface area contributed by atoms with Crippen molar-refractivity contribution in [3.05, 3.63) is 24.3 Å². The summed E-state index contributed by atoms with van der Waals surface area (Å²) in [6, 6.07) is 5.49. The van der Waals surface area contributed by atoms with Gasteiger partial charge in [-0.15, -0.1) is 0 Å². The average molecular weight is 313 g/mol.